The lowest BCUT2D eigenvalue weighted by atomic mass is 9.77. The Labute approximate surface area is 167 Å². The predicted octanol–water partition coefficient (Wildman–Crippen LogP) is 4.15. The summed E-state index contributed by atoms with van der Waals surface area (Å²) in [6, 6.07) is 6.34. The molecule has 0 atom stereocenters. The number of sulfonamides is 1. The molecule has 3 rings (SSSR count). The molecule has 152 valence electrons. The zero-order valence-corrected chi connectivity index (χ0v) is 17.3. The van der Waals surface area contributed by atoms with Crippen molar-refractivity contribution in [3.05, 3.63) is 35.6 Å². The molecule has 28 heavy (non-hydrogen) atoms. The molecule has 0 saturated carbocycles. The molecule has 0 aromatic heterocycles. The Morgan fingerprint density at radius 1 is 1.04 bits per heavy atom. The van der Waals surface area contributed by atoms with E-state index >= 15 is 0 Å². The molecule has 1 fully saturated rings. The highest BCUT2D eigenvalue weighted by Gasteiger charge is 2.32. The topological polar surface area (TPSA) is 87.0 Å². The number of Topliss-reactive ketones (excluding diaryl/α,β-unsaturated/α-hetero) is 1. The lowest BCUT2D eigenvalue weighted by molar-refractivity contribution is -0.117. The van der Waals surface area contributed by atoms with Crippen molar-refractivity contribution in [3.8, 4) is 0 Å². The van der Waals surface area contributed by atoms with Gasteiger partial charge in [-0.1, -0.05) is 26.7 Å². The molecule has 7 heteroatoms. The number of aliphatic imine (C=N–C) groups is 1. The van der Waals surface area contributed by atoms with Crippen molar-refractivity contribution >= 4 is 27.7 Å². The molecule has 0 amide bonds. The van der Waals surface area contributed by atoms with Gasteiger partial charge in [-0.3, -0.25) is 9.79 Å². The van der Waals surface area contributed by atoms with E-state index in [1.807, 2.05) is 13.8 Å². The lowest BCUT2D eigenvalue weighted by Gasteiger charge is -2.28. The van der Waals surface area contributed by atoms with Gasteiger partial charge < -0.3 is 5.11 Å². The number of nitrogens with zero attached hydrogens (tertiary/aromatic N) is 2. The first-order valence-electron chi connectivity index (χ1n) is 9.79. The van der Waals surface area contributed by atoms with E-state index in [1.54, 1.807) is 28.6 Å². The summed E-state index contributed by atoms with van der Waals surface area (Å²) >= 11 is 0. The molecule has 0 unspecified atom stereocenters. The van der Waals surface area contributed by atoms with E-state index in [4.69, 9.17) is 0 Å². The normalized spacial score (nSPS) is 21.9. The lowest BCUT2D eigenvalue weighted by Crippen LogP contribution is -2.31. The molecule has 1 aliphatic heterocycles. The molecule has 1 aliphatic carbocycles. The number of hydrogen-bond acceptors (Lipinski definition) is 5. The molecular formula is C21H28N2O4S. The molecule has 2 aliphatic rings. The van der Waals surface area contributed by atoms with E-state index < -0.39 is 10.0 Å². The number of benzene rings is 1. The summed E-state index contributed by atoms with van der Waals surface area (Å²) in [6.07, 6.45) is 6.11. The van der Waals surface area contributed by atoms with Crippen LogP contribution in [0.25, 0.3) is 0 Å². The Morgan fingerprint density at radius 3 is 2.21 bits per heavy atom. The Morgan fingerprint density at radius 2 is 1.64 bits per heavy atom. The Hall–Kier alpha value is -1.99. The van der Waals surface area contributed by atoms with Crippen molar-refractivity contribution in [1.82, 2.24) is 4.31 Å². The molecule has 0 spiro atoms. The largest absolute Gasteiger partial charge is 0.511 e. The Kier molecular flexibility index (Phi) is 6.05. The molecule has 1 aromatic carbocycles. The number of allylic oxidation sites excluding steroid dienone is 2. The third kappa shape index (κ3) is 4.70. The molecule has 1 heterocycles. The van der Waals surface area contributed by atoms with E-state index in [-0.39, 0.29) is 27.4 Å². The van der Waals surface area contributed by atoms with Crippen molar-refractivity contribution < 1.29 is 18.3 Å². The van der Waals surface area contributed by atoms with Crippen molar-refractivity contribution in [2.75, 3.05) is 13.1 Å². The summed E-state index contributed by atoms with van der Waals surface area (Å²) in [5.41, 5.74) is 0.523. The molecule has 1 N–H and O–H groups in total. The number of rotatable bonds is 4. The van der Waals surface area contributed by atoms with Crippen molar-refractivity contribution in [2.24, 2.45) is 10.4 Å². The first kappa shape index (κ1) is 20.7. The number of carbonyl (C=O) groups excluding carboxylic acids is 1. The van der Waals surface area contributed by atoms with Crippen LogP contribution in [-0.4, -0.2) is 42.9 Å². The highest BCUT2D eigenvalue weighted by Crippen LogP contribution is 2.35. The summed E-state index contributed by atoms with van der Waals surface area (Å²) in [6.45, 7) is 5.01. The second-order valence-electron chi connectivity index (χ2n) is 8.37. The minimum Gasteiger partial charge on any atom is -0.511 e. The number of aliphatic hydroxyl groups is 1. The van der Waals surface area contributed by atoms with Crippen LogP contribution in [0.15, 0.2) is 45.5 Å². The monoisotopic (exact) mass is 404 g/mol. The molecule has 1 saturated heterocycles. The van der Waals surface area contributed by atoms with Gasteiger partial charge in [0.2, 0.25) is 10.0 Å². The summed E-state index contributed by atoms with van der Waals surface area (Å²) in [5.74, 6) is -0.0665. The van der Waals surface area contributed by atoms with Crippen LogP contribution in [0.5, 0.6) is 0 Å². The van der Waals surface area contributed by atoms with Gasteiger partial charge in [0.1, 0.15) is 5.76 Å². The summed E-state index contributed by atoms with van der Waals surface area (Å²) < 4.78 is 27.2. The zero-order valence-electron chi connectivity index (χ0n) is 16.5. The van der Waals surface area contributed by atoms with Gasteiger partial charge >= 0.3 is 0 Å². The summed E-state index contributed by atoms with van der Waals surface area (Å²) in [4.78, 5) is 16.7. The van der Waals surface area contributed by atoms with E-state index in [2.05, 4.69) is 4.99 Å². The van der Waals surface area contributed by atoms with Crippen LogP contribution in [0.2, 0.25) is 0 Å². The Bertz CT molecular complexity index is 891. The van der Waals surface area contributed by atoms with Crippen LogP contribution in [0, 0.1) is 5.41 Å². The van der Waals surface area contributed by atoms with Gasteiger partial charge in [0.05, 0.1) is 16.2 Å². The van der Waals surface area contributed by atoms with Crippen molar-refractivity contribution in [3.63, 3.8) is 0 Å². The van der Waals surface area contributed by atoms with Crippen LogP contribution in [-0.2, 0) is 14.8 Å². The fraction of sp³-hybridized carbons (Fsp3) is 0.524. The second kappa shape index (κ2) is 8.17. The molecule has 1 aromatic rings. The van der Waals surface area contributed by atoms with Crippen LogP contribution in [0.4, 0.5) is 5.69 Å². The van der Waals surface area contributed by atoms with Crippen LogP contribution >= 0.6 is 0 Å². The van der Waals surface area contributed by atoms with Crippen LogP contribution < -0.4 is 0 Å². The zero-order chi connectivity index (χ0) is 20.4. The highest BCUT2D eigenvalue weighted by molar-refractivity contribution is 7.89. The Balaban J connectivity index is 1.76. The van der Waals surface area contributed by atoms with Gasteiger partial charge in [0, 0.05) is 32.1 Å². The highest BCUT2D eigenvalue weighted by atomic mass is 32.2. The van der Waals surface area contributed by atoms with E-state index in [1.165, 1.54) is 6.21 Å². The standard InChI is InChI=1S/C21H28N2O4S/c1-21(2)13-19(24)18(20(25)14-21)15-22-16-7-9-17(10-8-16)28(26,27)23-11-5-3-4-6-12-23/h7-10,15,24H,3-6,11-14H2,1-2H3. The smallest absolute Gasteiger partial charge is 0.243 e. The van der Waals surface area contributed by atoms with Gasteiger partial charge in [-0.2, -0.15) is 4.31 Å². The summed E-state index contributed by atoms with van der Waals surface area (Å²) in [7, 11) is -3.49. The van der Waals surface area contributed by atoms with Gasteiger partial charge in [0.15, 0.2) is 5.78 Å². The third-order valence-electron chi connectivity index (χ3n) is 5.28. The molecule has 6 nitrogen and oxygen atoms in total. The van der Waals surface area contributed by atoms with Gasteiger partial charge in [-0.25, -0.2) is 8.42 Å². The predicted molar refractivity (Wildman–Crippen MR) is 109 cm³/mol. The van der Waals surface area contributed by atoms with Crippen molar-refractivity contribution in [2.45, 2.75) is 57.3 Å². The minimum absolute atomic E-state index is 0.0605. The fourth-order valence-corrected chi connectivity index (χ4v) is 5.24. The minimum atomic E-state index is -3.49. The fourth-order valence-electron chi connectivity index (χ4n) is 3.72. The van der Waals surface area contributed by atoms with Gasteiger partial charge in [-0.15, -0.1) is 0 Å². The second-order valence-corrected chi connectivity index (χ2v) is 10.3. The quantitative estimate of drug-likeness (QED) is 0.764. The van der Waals surface area contributed by atoms with E-state index in [9.17, 15) is 18.3 Å². The van der Waals surface area contributed by atoms with E-state index in [0.29, 0.717) is 31.6 Å². The maximum absolute atomic E-state index is 12.8. The average molecular weight is 405 g/mol. The maximum atomic E-state index is 12.8. The first-order valence-corrected chi connectivity index (χ1v) is 11.2. The number of hydrogen-bond donors (Lipinski definition) is 1. The number of ketones is 1. The molecular weight excluding hydrogens is 376 g/mol. The third-order valence-corrected chi connectivity index (χ3v) is 7.19. The molecule has 0 bridgehead atoms. The van der Waals surface area contributed by atoms with Crippen LogP contribution in [0.1, 0.15) is 52.4 Å². The first-order chi connectivity index (χ1) is 13.2. The van der Waals surface area contributed by atoms with Crippen LogP contribution in [0.3, 0.4) is 0 Å². The number of carbonyl (C=O) groups is 1. The maximum Gasteiger partial charge on any atom is 0.243 e. The van der Waals surface area contributed by atoms with Crippen molar-refractivity contribution in [1.29, 1.82) is 0 Å². The number of aliphatic hydroxyl groups excluding tert-OH is 1. The average Bonchev–Trinajstić information content (AvgIpc) is 2.90. The van der Waals surface area contributed by atoms with E-state index in [0.717, 1.165) is 25.7 Å². The van der Waals surface area contributed by atoms with Gasteiger partial charge in [0.25, 0.3) is 0 Å². The summed E-state index contributed by atoms with van der Waals surface area (Å²) in [5, 5.41) is 10.2. The SMILES string of the molecule is CC1(C)CC(=O)C(C=Nc2ccc(S(=O)(=O)N3CCCCCC3)cc2)=C(O)C1. The van der Waals surface area contributed by atoms with Gasteiger partial charge in [-0.05, 0) is 42.5 Å². The molecule has 0 radical (unpaired) electrons.